The Balaban J connectivity index is 1.47. The van der Waals surface area contributed by atoms with Gasteiger partial charge in [-0.05, 0) is 56.4 Å². The van der Waals surface area contributed by atoms with Gasteiger partial charge in [0.25, 0.3) is 0 Å². The minimum atomic E-state index is 0.625. The first-order chi connectivity index (χ1) is 13.2. The van der Waals surface area contributed by atoms with Gasteiger partial charge >= 0.3 is 0 Å². The maximum atomic E-state index is 5.70. The molecule has 0 amide bonds. The minimum absolute atomic E-state index is 0.625. The molecule has 0 radical (unpaired) electrons. The molecule has 1 aromatic rings. The topological polar surface area (TPSA) is 59.0 Å². The van der Waals surface area contributed by atoms with Crippen LogP contribution in [0.4, 0.5) is 0 Å². The number of pyridine rings is 1. The van der Waals surface area contributed by atoms with Crippen LogP contribution in [0, 0.1) is 11.8 Å². The van der Waals surface area contributed by atoms with Crippen LogP contribution in [0.3, 0.4) is 0 Å². The molecule has 27 heavy (non-hydrogen) atoms. The Kier molecular flexibility index (Phi) is 7.75. The number of rotatable bonds is 9. The third kappa shape index (κ3) is 7.01. The van der Waals surface area contributed by atoms with Crippen LogP contribution in [0.5, 0.6) is 5.88 Å². The molecule has 1 aliphatic carbocycles. The molecule has 2 aliphatic rings. The molecule has 1 saturated carbocycles. The highest BCUT2D eigenvalue weighted by Gasteiger charge is 2.22. The number of hydrogen-bond donors (Lipinski definition) is 1. The molecule has 150 valence electrons. The van der Waals surface area contributed by atoms with E-state index in [1.807, 2.05) is 12.3 Å². The van der Waals surface area contributed by atoms with Crippen LogP contribution >= 0.6 is 0 Å². The van der Waals surface area contributed by atoms with E-state index in [1.165, 1.54) is 32.1 Å². The van der Waals surface area contributed by atoms with E-state index in [2.05, 4.69) is 35.2 Å². The predicted octanol–water partition coefficient (Wildman–Crippen LogP) is 3.08. The van der Waals surface area contributed by atoms with Crippen LogP contribution in [-0.2, 0) is 11.3 Å². The van der Waals surface area contributed by atoms with Crippen LogP contribution in [-0.4, -0.2) is 55.8 Å². The molecular formula is C21H34N4O2. The second-order valence-electron chi connectivity index (χ2n) is 7.70. The fourth-order valence-corrected chi connectivity index (χ4v) is 3.23. The summed E-state index contributed by atoms with van der Waals surface area (Å²) >= 11 is 0. The van der Waals surface area contributed by atoms with Crippen molar-refractivity contribution in [3.63, 3.8) is 0 Å². The maximum Gasteiger partial charge on any atom is 0.213 e. The summed E-state index contributed by atoms with van der Waals surface area (Å²) in [5, 5.41) is 3.40. The molecule has 2 fully saturated rings. The second kappa shape index (κ2) is 10.5. The summed E-state index contributed by atoms with van der Waals surface area (Å²) in [4.78, 5) is 11.4. The van der Waals surface area contributed by atoms with Crippen molar-refractivity contribution in [3.8, 4) is 5.88 Å². The van der Waals surface area contributed by atoms with E-state index < -0.39 is 0 Å². The van der Waals surface area contributed by atoms with E-state index in [-0.39, 0.29) is 0 Å². The van der Waals surface area contributed by atoms with E-state index in [9.17, 15) is 0 Å². The summed E-state index contributed by atoms with van der Waals surface area (Å²) in [6.07, 6.45) is 8.02. The highest BCUT2D eigenvalue weighted by atomic mass is 16.5. The van der Waals surface area contributed by atoms with Crippen molar-refractivity contribution in [1.82, 2.24) is 15.2 Å². The molecule has 0 atom stereocenters. The lowest BCUT2D eigenvalue weighted by Gasteiger charge is -2.26. The lowest BCUT2D eigenvalue weighted by atomic mass is 9.96. The van der Waals surface area contributed by atoms with Gasteiger partial charge in [0.05, 0.1) is 13.2 Å². The highest BCUT2D eigenvalue weighted by Crippen LogP contribution is 2.29. The van der Waals surface area contributed by atoms with Crippen LogP contribution in [0.25, 0.3) is 0 Å². The van der Waals surface area contributed by atoms with Crippen LogP contribution in [0.1, 0.15) is 44.6 Å². The summed E-state index contributed by atoms with van der Waals surface area (Å²) < 4.78 is 11.2. The van der Waals surface area contributed by atoms with E-state index >= 15 is 0 Å². The molecule has 1 aliphatic heterocycles. The number of aliphatic imine (C=N–C) groups is 1. The molecule has 3 rings (SSSR count). The highest BCUT2D eigenvalue weighted by molar-refractivity contribution is 5.79. The summed E-state index contributed by atoms with van der Waals surface area (Å²) in [5.41, 5.74) is 1.10. The monoisotopic (exact) mass is 374 g/mol. The largest absolute Gasteiger partial charge is 0.477 e. The van der Waals surface area contributed by atoms with Gasteiger partial charge in [-0.3, -0.25) is 0 Å². The van der Waals surface area contributed by atoms with Crippen molar-refractivity contribution < 1.29 is 9.47 Å². The van der Waals surface area contributed by atoms with Crippen LogP contribution in [0.15, 0.2) is 23.3 Å². The van der Waals surface area contributed by atoms with Crippen molar-refractivity contribution in [2.45, 2.75) is 45.6 Å². The van der Waals surface area contributed by atoms with Crippen LogP contribution < -0.4 is 10.1 Å². The normalized spacial score (nSPS) is 18.4. The second-order valence-corrected chi connectivity index (χ2v) is 7.70. The number of guanidine groups is 1. The predicted molar refractivity (Wildman–Crippen MR) is 108 cm³/mol. The molecule has 0 bridgehead atoms. The smallest absolute Gasteiger partial charge is 0.213 e. The Hall–Kier alpha value is -1.82. The SMILES string of the molecule is CCNC(=NCc1ccc(OCC2CC2)nc1)N(C)CCC1CCOCC1. The Morgan fingerprint density at radius 2 is 2.07 bits per heavy atom. The van der Waals surface area contributed by atoms with Gasteiger partial charge in [-0.25, -0.2) is 9.98 Å². The van der Waals surface area contributed by atoms with Gasteiger partial charge in [-0.1, -0.05) is 6.07 Å². The van der Waals surface area contributed by atoms with Gasteiger partial charge < -0.3 is 19.7 Å². The molecule has 6 nitrogen and oxygen atoms in total. The van der Waals surface area contributed by atoms with Crippen molar-refractivity contribution >= 4 is 5.96 Å². The summed E-state index contributed by atoms with van der Waals surface area (Å²) in [6.45, 7) is 7.24. The van der Waals surface area contributed by atoms with Gasteiger partial charge in [-0.15, -0.1) is 0 Å². The van der Waals surface area contributed by atoms with Gasteiger partial charge in [0.2, 0.25) is 5.88 Å². The molecule has 0 spiro atoms. The molecule has 2 heterocycles. The van der Waals surface area contributed by atoms with Crippen LogP contribution in [0.2, 0.25) is 0 Å². The zero-order valence-corrected chi connectivity index (χ0v) is 16.8. The molecule has 0 unspecified atom stereocenters. The van der Waals surface area contributed by atoms with E-state index in [4.69, 9.17) is 14.5 Å². The standard InChI is InChI=1S/C21H34N4O2/c1-3-22-21(25(2)11-8-17-9-12-26-13-10-17)24-15-19-6-7-20(23-14-19)27-16-18-4-5-18/h6-7,14,17-18H,3-5,8-13,15-16H2,1-2H3,(H,22,24). The number of hydrogen-bond acceptors (Lipinski definition) is 4. The Bertz CT molecular complexity index is 580. The number of nitrogens with zero attached hydrogens (tertiary/aromatic N) is 3. The first-order valence-electron chi connectivity index (χ1n) is 10.4. The van der Waals surface area contributed by atoms with Crippen molar-refractivity contribution in [2.75, 3.05) is 40.0 Å². The van der Waals surface area contributed by atoms with Crippen molar-refractivity contribution in [1.29, 1.82) is 0 Å². The molecule has 0 aromatic carbocycles. The number of nitrogens with one attached hydrogen (secondary N) is 1. The molecule has 1 aromatic heterocycles. The van der Waals surface area contributed by atoms with Gasteiger partial charge in [0, 0.05) is 45.6 Å². The zero-order chi connectivity index (χ0) is 18.9. The third-order valence-electron chi connectivity index (χ3n) is 5.28. The lowest BCUT2D eigenvalue weighted by molar-refractivity contribution is 0.0625. The average molecular weight is 375 g/mol. The fourth-order valence-electron chi connectivity index (χ4n) is 3.23. The summed E-state index contributed by atoms with van der Waals surface area (Å²) in [5.74, 6) is 3.20. The minimum Gasteiger partial charge on any atom is -0.477 e. The first-order valence-corrected chi connectivity index (χ1v) is 10.4. The lowest BCUT2D eigenvalue weighted by Crippen LogP contribution is -2.40. The van der Waals surface area contributed by atoms with E-state index in [0.717, 1.165) is 62.1 Å². The molecule has 1 N–H and O–H groups in total. The van der Waals surface area contributed by atoms with E-state index in [0.29, 0.717) is 6.54 Å². The summed E-state index contributed by atoms with van der Waals surface area (Å²) in [7, 11) is 2.12. The Labute approximate surface area is 163 Å². The Morgan fingerprint density at radius 1 is 1.26 bits per heavy atom. The van der Waals surface area contributed by atoms with Gasteiger partial charge in [0.15, 0.2) is 5.96 Å². The zero-order valence-electron chi connectivity index (χ0n) is 16.8. The van der Waals surface area contributed by atoms with Gasteiger partial charge in [-0.2, -0.15) is 0 Å². The maximum absolute atomic E-state index is 5.70. The fraction of sp³-hybridized carbons (Fsp3) is 0.714. The van der Waals surface area contributed by atoms with E-state index in [1.54, 1.807) is 0 Å². The first kappa shape index (κ1) is 19.9. The average Bonchev–Trinajstić information content (AvgIpc) is 3.54. The summed E-state index contributed by atoms with van der Waals surface area (Å²) in [6, 6.07) is 4.01. The molecular weight excluding hydrogens is 340 g/mol. The molecule has 6 heteroatoms. The third-order valence-corrected chi connectivity index (χ3v) is 5.28. The quantitative estimate of drug-likeness (QED) is 0.532. The Morgan fingerprint density at radius 3 is 2.74 bits per heavy atom. The van der Waals surface area contributed by atoms with Crippen molar-refractivity contribution in [2.24, 2.45) is 16.8 Å². The number of aromatic nitrogens is 1. The van der Waals surface area contributed by atoms with Gasteiger partial charge in [0.1, 0.15) is 0 Å². The number of ether oxygens (including phenoxy) is 2. The van der Waals surface area contributed by atoms with Crippen molar-refractivity contribution in [3.05, 3.63) is 23.9 Å². The molecule has 1 saturated heterocycles.